The van der Waals surface area contributed by atoms with Crippen LogP contribution in [0, 0.1) is 29.8 Å². The average Bonchev–Trinajstić information content (AvgIpc) is 0.966. The molecule has 6 aliphatic rings. The number of aromatic nitrogens is 4. The number of carbonyl (C=O) groups excluding carboxylic acids is 9. The summed E-state index contributed by atoms with van der Waals surface area (Å²) in [6.07, 6.45) is 16.7. The fraction of sp³-hybridized carbons (Fsp3) is 0.328. The Morgan fingerprint density at radius 3 is 2.06 bits per heavy atom. The van der Waals surface area contributed by atoms with Gasteiger partial charge in [0.05, 0.1) is 25.2 Å². The zero-order valence-corrected chi connectivity index (χ0v) is 56.8. The average molecular weight is 1410 g/mol. The number of nitrogens with zero attached hydrogens (tertiary/aromatic N) is 11. The highest BCUT2D eigenvalue weighted by atomic mass is 32.2. The zero-order valence-electron chi connectivity index (χ0n) is 54.4. The number of allylic oxidation sites excluding steroid dienone is 5. The van der Waals surface area contributed by atoms with Gasteiger partial charge in [0.2, 0.25) is 11.5 Å². The number of aliphatic imine (C=N–C) groups is 1. The maximum Gasteiger partial charge on any atom is 0.355 e. The van der Waals surface area contributed by atoms with Crippen LogP contribution in [0.1, 0.15) is 75.4 Å². The van der Waals surface area contributed by atoms with E-state index in [0.29, 0.717) is 44.9 Å². The summed E-state index contributed by atoms with van der Waals surface area (Å²) < 4.78 is 22.0. The first kappa shape index (κ1) is 71.9. The summed E-state index contributed by atoms with van der Waals surface area (Å²) in [7, 11) is 1.55. The lowest BCUT2D eigenvalue weighted by molar-refractivity contribution is -0.689. The summed E-state index contributed by atoms with van der Waals surface area (Å²) in [6, 6.07) is 8.56. The van der Waals surface area contributed by atoms with Gasteiger partial charge in [0.15, 0.2) is 42.2 Å². The lowest BCUT2D eigenvalue weighted by Crippen LogP contribution is -2.71. The molecule has 35 heteroatoms. The molecule has 1 aromatic carbocycles. The number of aliphatic carboxylic acids is 1. The number of H-pyrrole nitrogens is 1. The molecule has 514 valence electrons. The van der Waals surface area contributed by atoms with Gasteiger partial charge in [-0.15, -0.1) is 23.5 Å². The first-order valence-electron chi connectivity index (χ1n) is 30.2. The van der Waals surface area contributed by atoms with E-state index in [2.05, 4.69) is 50.9 Å². The molecule has 99 heavy (non-hydrogen) atoms. The molecule has 0 radical (unpaired) electrons. The van der Waals surface area contributed by atoms with Crippen molar-refractivity contribution in [3.8, 4) is 29.3 Å². The summed E-state index contributed by atoms with van der Waals surface area (Å²) in [5.74, 6) is -5.58. The molecule has 9 heterocycles. The first-order chi connectivity index (χ1) is 47.4. The van der Waals surface area contributed by atoms with E-state index in [4.69, 9.17) is 40.1 Å². The van der Waals surface area contributed by atoms with Crippen molar-refractivity contribution in [2.45, 2.75) is 96.5 Å². The molecule has 6 aliphatic heterocycles. The molecule has 6 amide bonds. The molecular formula is C64H65N17O15S3. The van der Waals surface area contributed by atoms with E-state index >= 15 is 0 Å². The highest BCUT2D eigenvalue weighted by molar-refractivity contribution is 8.00. The normalized spacial score (nSPS) is 18.5. The third-order valence-corrected chi connectivity index (χ3v) is 18.4. The molecule has 0 saturated carbocycles. The summed E-state index contributed by atoms with van der Waals surface area (Å²) in [5.41, 5.74) is 10.7. The van der Waals surface area contributed by atoms with Crippen molar-refractivity contribution in [3.05, 3.63) is 147 Å². The predicted molar refractivity (Wildman–Crippen MR) is 355 cm³/mol. The number of carbonyl (C=O) groups is 9. The van der Waals surface area contributed by atoms with Crippen LogP contribution in [-0.2, 0) is 70.7 Å². The first-order valence-corrected chi connectivity index (χ1v) is 33.1. The number of hydrogen-bond donors (Lipinski definition) is 6. The molecule has 10 rings (SSSR count). The monoisotopic (exact) mass is 1410 g/mol. The van der Waals surface area contributed by atoms with Gasteiger partial charge in [-0.3, -0.25) is 59.0 Å². The number of rotatable bonds is 23. The van der Waals surface area contributed by atoms with Gasteiger partial charge in [0, 0.05) is 83.2 Å². The fourth-order valence-corrected chi connectivity index (χ4v) is 13.7. The van der Waals surface area contributed by atoms with Gasteiger partial charge in [-0.05, 0) is 106 Å². The Morgan fingerprint density at radius 2 is 1.46 bits per heavy atom. The number of oxime groups is 2. The molecule has 2 saturated heterocycles. The second-order valence-corrected chi connectivity index (χ2v) is 25.9. The van der Waals surface area contributed by atoms with Gasteiger partial charge in [-0.1, -0.05) is 22.4 Å². The van der Waals surface area contributed by atoms with E-state index in [9.17, 15) is 48.3 Å². The van der Waals surface area contributed by atoms with Crippen LogP contribution in [0.25, 0.3) is 11.1 Å². The van der Waals surface area contributed by atoms with Crippen LogP contribution < -0.4 is 41.4 Å². The highest BCUT2D eigenvalue weighted by Gasteiger charge is 2.56. The molecule has 32 nitrogen and oxygen atoms in total. The molecule has 7 N–H and O–H groups in total. The number of hydrogen-bond acceptors (Lipinski definition) is 27. The van der Waals surface area contributed by atoms with Crippen molar-refractivity contribution in [2.24, 2.45) is 15.3 Å². The Bertz CT molecular complexity index is 4300. The number of methoxy groups -OCH3 is 1. The third-order valence-electron chi connectivity index (χ3n) is 15.2. The maximum absolute atomic E-state index is 13.9. The van der Waals surface area contributed by atoms with Crippen molar-refractivity contribution >= 4 is 111 Å². The van der Waals surface area contributed by atoms with E-state index in [0.717, 1.165) is 33.1 Å². The highest BCUT2D eigenvalue weighted by Crippen LogP contribution is 2.43. The smallest absolute Gasteiger partial charge is 0.355 e. The van der Waals surface area contributed by atoms with Crippen LogP contribution in [-0.4, -0.2) is 167 Å². The number of nitrogens with one attached hydrogen (secondary N) is 5. The van der Waals surface area contributed by atoms with Crippen molar-refractivity contribution in [3.63, 3.8) is 0 Å². The molecule has 4 aromatic rings. The van der Waals surface area contributed by atoms with Crippen LogP contribution in [0.2, 0.25) is 0 Å². The Morgan fingerprint density at radius 1 is 0.848 bits per heavy atom. The SMILES string of the molecule is CCO/N=C(\CC(=O)OC(C)(C)C)C(=O)NC1C(=O)N2C(C(=O)OCc3ccc(OC)cc3)=C(CN3C=CC(=C4C=NC(C(=O)NC#N)=C4C)C=C3)CSC12.CCON=C(C(=O)NC1C(=O)N2C(C(=O)[O-])=C(C[n+]3ccc(-c4c[nH]c(C(=O)NC#N)c4C)cc3)CSC12)c1nsc(N)n1. The minimum absolute atomic E-state index is 0.0596. The van der Waals surface area contributed by atoms with Gasteiger partial charge < -0.3 is 60.0 Å². The Balaban J connectivity index is 0.000000237. The number of fused-ring (bicyclic) bond motifs is 2. The minimum atomic E-state index is -1.51. The number of nitriles is 2. The Labute approximate surface area is 578 Å². The number of carboxylic acids is 1. The summed E-state index contributed by atoms with van der Waals surface area (Å²) in [6.45, 7) is 12.6. The second kappa shape index (κ2) is 31.6. The maximum atomic E-state index is 13.9. The van der Waals surface area contributed by atoms with Crippen molar-refractivity contribution in [1.82, 2.24) is 50.3 Å². The number of thioether (sulfide) groups is 2. The van der Waals surface area contributed by atoms with Gasteiger partial charge in [-0.2, -0.15) is 19.9 Å². The summed E-state index contributed by atoms with van der Waals surface area (Å²) in [4.78, 5) is 142. The van der Waals surface area contributed by atoms with E-state index in [1.807, 2.05) is 17.1 Å². The predicted octanol–water partition coefficient (Wildman–Crippen LogP) is 1.88. The third kappa shape index (κ3) is 16.5. The molecule has 4 unspecified atom stereocenters. The number of anilines is 1. The van der Waals surface area contributed by atoms with E-state index < -0.39 is 88.2 Å². The summed E-state index contributed by atoms with van der Waals surface area (Å²) >= 11 is 3.53. The molecular weight excluding hydrogens is 1340 g/mol. The Kier molecular flexibility index (Phi) is 23.0. The second-order valence-electron chi connectivity index (χ2n) is 22.9. The molecule has 0 aliphatic carbocycles. The number of benzene rings is 1. The Hall–Kier alpha value is -11.4. The lowest BCUT2D eigenvalue weighted by Gasteiger charge is -2.50. The van der Waals surface area contributed by atoms with Crippen LogP contribution in [0.15, 0.2) is 140 Å². The van der Waals surface area contributed by atoms with Gasteiger partial charge in [0.25, 0.3) is 35.4 Å². The molecule has 3 aromatic heterocycles. The van der Waals surface area contributed by atoms with E-state index in [1.165, 1.54) is 28.4 Å². The van der Waals surface area contributed by atoms with Crippen LogP contribution in [0.4, 0.5) is 5.13 Å². The summed E-state index contributed by atoms with van der Waals surface area (Å²) in [5, 5.41) is 45.5. The number of aromatic amines is 1. The number of ether oxygens (including phenoxy) is 3. The van der Waals surface area contributed by atoms with Crippen molar-refractivity contribution < 1.29 is 76.7 Å². The number of nitrogen functional groups attached to an aromatic ring is 1. The molecule has 4 atom stereocenters. The van der Waals surface area contributed by atoms with Gasteiger partial charge in [0.1, 0.15) is 71.1 Å². The number of esters is 2. The van der Waals surface area contributed by atoms with Crippen molar-refractivity contribution in [1.29, 1.82) is 10.5 Å². The molecule has 0 bridgehead atoms. The van der Waals surface area contributed by atoms with E-state index in [1.54, 1.807) is 146 Å². The largest absolute Gasteiger partial charge is 0.543 e. The van der Waals surface area contributed by atoms with Crippen molar-refractivity contribution in [2.75, 3.05) is 44.1 Å². The molecule has 2 fully saturated rings. The topological polar surface area (TPSA) is 437 Å². The van der Waals surface area contributed by atoms with Crippen LogP contribution in [0.5, 0.6) is 5.75 Å². The fourth-order valence-electron chi connectivity index (χ4n) is 10.6. The zero-order chi connectivity index (χ0) is 71.4. The number of carboxylic acid groups (broad SMARTS) is 1. The van der Waals surface area contributed by atoms with Crippen LogP contribution in [0.3, 0.4) is 0 Å². The number of pyridine rings is 1. The minimum Gasteiger partial charge on any atom is -0.543 e. The van der Waals surface area contributed by atoms with Crippen LogP contribution >= 0.6 is 35.1 Å². The number of β-lactam (4-membered cyclic amide) rings is 2. The quantitative estimate of drug-likeness (QED) is 0.0117. The van der Waals surface area contributed by atoms with E-state index in [-0.39, 0.29) is 83.8 Å². The number of amides is 6. The number of nitrogens with two attached hydrogens (primary N) is 1. The molecule has 0 spiro atoms. The van der Waals surface area contributed by atoms with Gasteiger partial charge in [-0.25, -0.2) is 9.36 Å². The van der Waals surface area contributed by atoms with Gasteiger partial charge >= 0.3 is 11.9 Å². The lowest BCUT2D eigenvalue weighted by atomic mass is 10.00. The standard InChI is InChI=1S/C38H41N7O9S.C26H24N10O6S2/c1-7-53-43-28(16-29(46)54-38(3,4)5)33(47)42-31-35(49)45-32(37(50)52-19-23-8-10-26(51-6)11-9-23)25(20-55-36(31)45)18-44-14-12-24(13-15-44)27-17-40-30(22(27)2)34(48)41-21-39;1-3-42-33-17(20-32-26(28)44-34-20)22(38)31-18-23(39)36-19(25(40)41)14(10-43-24(18)36)9-35-6-4-13(5-7-35)15-8-29-16(12(15)2)21(37)30-11-27/h8-15,17,31,36H,7,16,18-20H2,1-6H3,(H,41,48)(H,42,47);4-8,18,24H,3,9-10H2,1-2H3,(H5,28,30,31,32,34,37,38,40,41)/b43-28+;.